The summed E-state index contributed by atoms with van der Waals surface area (Å²) >= 11 is 1.00. The predicted octanol–water partition coefficient (Wildman–Crippen LogP) is 4.16. The second kappa shape index (κ2) is 6.16. The Kier molecular flexibility index (Phi) is 4.25. The van der Waals surface area contributed by atoms with E-state index in [-0.39, 0.29) is 16.2 Å². The Morgan fingerprint density at radius 3 is 2.77 bits per heavy atom. The van der Waals surface area contributed by atoms with E-state index in [4.69, 9.17) is 4.74 Å². The van der Waals surface area contributed by atoms with Crippen molar-refractivity contribution in [2.45, 2.75) is 39.0 Å². The Labute approximate surface area is 133 Å². The standard InChI is InChI=1S/C17H21NO3S/c1-17(8-3-2-4-9-17)11-21-13-7-5-6-12(10-13)14-15(19)18-16(20)22-14/h5-7,10,19H,2-4,8-9,11H2,1H3,(H,18,20). The van der Waals surface area contributed by atoms with Crippen LogP contribution in [0, 0.1) is 5.41 Å². The summed E-state index contributed by atoms with van der Waals surface area (Å²) in [7, 11) is 0. The Morgan fingerprint density at radius 1 is 1.32 bits per heavy atom. The molecule has 2 aromatic rings. The molecule has 1 aromatic carbocycles. The Balaban J connectivity index is 1.74. The molecule has 2 N–H and O–H groups in total. The highest BCUT2D eigenvalue weighted by Gasteiger charge is 2.27. The highest BCUT2D eigenvalue weighted by Crippen LogP contribution is 2.37. The number of hydrogen-bond acceptors (Lipinski definition) is 4. The lowest BCUT2D eigenvalue weighted by molar-refractivity contribution is 0.116. The molecule has 0 radical (unpaired) electrons. The number of H-pyrrole nitrogens is 1. The van der Waals surface area contributed by atoms with Crippen LogP contribution in [0.25, 0.3) is 10.4 Å². The first-order chi connectivity index (χ1) is 10.6. The summed E-state index contributed by atoms with van der Waals surface area (Å²) in [5.74, 6) is 0.705. The largest absolute Gasteiger partial charge is 0.493 e. The summed E-state index contributed by atoms with van der Waals surface area (Å²) < 4.78 is 5.99. The molecule has 4 nitrogen and oxygen atoms in total. The average Bonchev–Trinajstić information content (AvgIpc) is 2.85. The van der Waals surface area contributed by atoms with Crippen LogP contribution in [0.2, 0.25) is 0 Å². The van der Waals surface area contributed by atoms with E-state index in [9.17, 15) is 9.90 Å². The third-order valence-corrected chi connectivity index (χ3v) is 5.30. The van der Waals surface area contributed by atoms with Crippen LogP contribution in [0.15, 0.2) is 29.1 Å². The van der Waals surface area contributed by atoms with Gasteiger partial charge in [-0.3, -0.25) is 9.78 Å². The van der Waals surface area contributed by atoms with Crippen molar-refractivity contribution in [3.63, 3.8) is 0 Å². The average molecular weight is 319 g/mol. The van der Waals surface area contributed by atoms with Crippen molar-refractivity contribution in [2.75, 3.05) is 6.61 Å². The predicted molar refractivity (Wildman–Crippen MR) is 88.7 cm³/mol. The number of benzene rings is 1. The summed E-state index contributed by atoms with van der Waals surface area (Å²) in [5.41, 5.74) is 1.06. The van der Waals surface area contributed by atoms with Crippen LogP contribution in [-0.2, 0) is 0 Å². The van der Waals surface area contributed by atoms with E-state index in [1.54, 1.807) is 0 Å². The van der Waals surface area contributed by atoms with Crippen molar-refractivity contribution in [3.8, 4) is 22.1 Å². The van der Waals surface area contributed by atoms with Crippen LogP contribution in [0.3, 0.4) is 0 Å². The number of aromatic amines is 1. The zero-order valence-corrected chi connectivity index (χ0v) is 13.5. The maximum absolute atomic E-state index is 11.3. The van der Waals surface area contributed by atoms with E-state index in [0.29, 0.717) is 11.5 Å². The molecule has 118 valence electrons. The molecule has 1 aliphatic carbocycles. The zero-order valence-electron chi connectivity index (χ0n) is 12.7. The first-order valence-electron chi connectivity index (χ1n) is 7.71. The topological polar surface area (TPSA) is 62.3 Å². The molecule has 1 fully saturated rings. The minimum atomic E-state index is -0.256. The summed E-state index contributed by atoms with van der Waals surface area (Å²) in [4.78, 5) is 14.0. The molecule has 0 bridgehead atoms. The van der Waals surface area contributed by atoms with Gasteiger partial charge in [0.05, 0.1) is 11.5 Å². The van der Waals surface area contributed by atoms with Crippen molar-refractivity contribution in [2.24, 2.45) is 5.41 Å². The number of thiazole rings is 1. The molecule has 0 amide bonds. The van der Waals surface area contributed by atoms with Gasteiger partial charge in [0, 0.05) is 11.0 Å². The van der Waals surface area contributed by atoms with E-state index >= 15 is 0 Å². The fourth-order valence-electron chi connectivity index (χ4n) is 3.05. The number of rotatable bonds is 4. The number of aromatic hydroxyl groups is 1. The smallest absolute Gasteiger partial charge is 0.307 e. The van der Waals surface area contributed by atoms with Gasteiger partial charge >= 0.3 is 4.87 Å². The number of hydrogen-bond donors (Lipinski definition) is 2. The molecule has 1 aromatic heterocycles. The van der Waals surface area contributed by atoms with Crippen LogP contribution < -0.4 is 9.61 Å². The van der Waals surface area contributed by atoms with Crippen molar-refractivity contribution in [3.05, 3.63) is 33.9 Å². The second-order valence-corrected chi connectivity index (χ2v) is 7.36. The first kappa shape index (κ1) is 15.2. The maximum atomic E-state index is 11.3. The molecule has 22 heavy (non-hydrogen) atoms. The van der Waals surface area contributed by atoms with Crippen molar-refractivity contribution >= 4 is 11.3 Å². The van der Waals surface area contributed by atoms with E-state index in [0.717, 1.165) is 22.6 Å². The minimum Gasteiger partial charge on any atom is -0.493 e. The van der Waals surface area contributed by atoms with Crippen molar-refractivity contribution in [1.82, 2.24) is 4.98 Å². The fourth-order valence-corrected chi connectivity index (χ4v) is 3.78. The van der Waals surface area contributed by atoms with Crippen LogP contribution >= 0.6 is 11.3 Å². The van der Waals surface area contributed by atoms with Gasteiger partial charge in [-0.15, -0.1) is 0 Å². The zero-order chi connectivity index (χ0) is 15.6. The van der Waals surface area contributed by atoms with Gasteiger partial charge in [0.1, 0.15) is 5.75 Å². The summed E-state index contributed by atoms with van der Waals surface area (Å²) in [6.07, 6.45) is 6.33. The molecule has 0 saturated heterocycles. The fraction of sp³-hybridized carbons (Fsp3) is 0.471. The molecule has 1 saturated carbocycles. The lowest BCUT2D eigenvalue weighted by atomic mass is 9.76. The molecule has 0 aliphatic heterocycles. The molecule has 0 spiro atoms. The highest BCUT2D eigenvalue weighted by atomic mass is 32.1. The molecule has 1 heterocycles. The summed E-state index contributed by atoms with van der Waals surface area (Å²) in [6.45, 7) is 3.01. The Morgan fingerprint density at radius 2 is 2.09 bits per heavy atom. The molecule has 0 unspecified atom stereocenters. The summed E-state index contributed by atoms with van der Waals surface area (Å²) in [6, 6.07) is 7.55. The van der Waals surface area contributed by atoms with Crippen LogP contribution in [0.5, 0.6) is 11.6 Å². The quantitative estimate of drug-likeness (QED) is 0.889. The molecule has 5 heteroatoms. The van der Waals surface area contributed by atoms with Crippen molar-refractivity contribution in [1.29, 1.82) is 0 Å². The van der Waals surface area contributed by atoms with Crippen LogP contribution in [-0.4, -0.2) is 16.7 Å². The number of nitrogens with one attached hydrogen (secondary N) is 1. The molecule has 3 rings (SSSR count). The third kappa shape index (κ3) is 3.35. The molecule has 0 atom stereocenters. The number of aromatic nitrogens is 1. The van der Waals surface area contributed by atoms with E-state index in [2.05, 4.69) is 11.9 Å². The van der Waals surface area contributed by atoms with Crippen LogP contribution in [0.4, 0.5) is 0 Å². The van der Waals surface area contributed by atoms with Gasteiger partial charge in [-0.25, -0.2) is 0 Å². The van der Waals surface area contributed by atoms with Gasteiger partial charge in [0.15, 0.2) is 0 Å². The van der Waals surface area contributed by atoms with E-state index < -0.39 is 0 Å². The SMILES string of the molecule is CC1(COc2cccc(-c3sc(=O)[nH]c3O)c2)CCCCC1. The van der Waals surface area contributed by atoms with E-state index in [1.165, 1.54) is 32.1 Å². The minimum absolute atomic E-state index is 0.0774. The Hall–Kier alpha value is -1.75. The lowest BCUT2D eigenvalue weighted by Gasteiger charge is -2.33. The van der Waals surface area contributed by atoms with Gasteiger partial charge in [0.2, 0.25) is 5.88 Å². The summed E-state index contributed by atoms with van der Waals surface area (Å²) in [5, 5.41) is 9.76. The van der Waals surface area contributed by atoms with Gasteiger partial charge < -0.3 is 9.84 Å². The number of ether oxygens (including phenoxy) is 1. The second-order valence-electron chi connectivity index (χ2n) is 6.38. The first-order valence-corrected chi connectivity index (χ1v) is 8.53. The van der Waals surface area contributed by atoms with Gasteiger partial charge in [-0.05, 0) is 25.0 Å². The monoisotopic (exact) mass is 319 g/mol. The van der Waals surface area contributed by atoms with Gasteiger partial charge in [-0.2, -0.15) is 0 Å². The van der Waals surface area contributed by atoms with Crippen LogP contribution in [0.1, 0.15) is 39.0 Å². The van der Waals surface area contributed by atoms with Crippen molar-refractivity contribution < 1.29 is 9.84 Å². The molecule has 1 aliphatic rings. The molecular formula is C17H21NO3S. The maximum Gasteiger partial charge on any atom is 0.307 e. The van der Waals surface area contributed by atoms with E-state index in [1.807, 2.05) is 24.3 Å². The Bertz CT molecular complexity index is 698. The lowest BCUT2D eigenvalue weighted by Crippen LogP contribution is -2.27. The highest BCUT2D eigenvalue weighted by molar-refractivity contribution is 7.13. The van der Waals surface area contributed by atoms with Gasteiger partial charge in [0.25, 0.3) is 0 Å². The van der Waals surface area contributed by atoms with Gasteiger partial charge in [-0.1, -0.05) is 49.7 Å². The normalized spacial score (nSPS) is 17.3. The third-order valence-electron chi connectivity index (χ3n) is 4.37. The molecular weight excluding hydrogens is 298 g/mol.